The van der Waals surface area contributed by atoms with Gasteiger partial charge >= 0.3 is 0 Å². The third-order valence-electron chi connectivity index (χ3n) is 5.17. The highest BCUT2D eigenvalue weighted by Crippen LogP contribution is 2.23. The lowest BCUT2D eigenvalue weighted by Gasteiger charge is -2.27. The Bertz CT molecular complexity index is 965. The number of carbonyl (C=O) groups excluding carboxylic acids is 1. The van der Waals surface area contributed by atoms with Crippen LogP contribution in [0.25, 0.3) is 0 Å². The van der Waals surface area contributed by atoms with E-state index in [1.807, 2.05) is 47.5 Å². The van der Waals surface area contributed by atoms with Crippen LogP contribution >= 0.6 is 23.1 Å². The van der Waals surface area contributed by atoms with Gasteiger partial charge in [-0.05, 0) is 29.7 Å². The van der Waals surface area contributed by atoms with E-state index in [-0.39, 0.29) is 5.91 Å². The summed E-state index contributed by atoms with van der Waals surface area (Å²) in [6.45, 7) is 5.28. The van der Waals surface area contributed by atoms with Gasteiger partial charge in [-0.3, -0.25) is 9.69 Å². The van der Waals surface area contributed by atoms with E-state index in [1.54, 1.807) is 0 Å². The maximum Gasteiger partial charge on any atom is 0.275 e. The van der Waals surface area contributed by atoms with Crippen molar-refractivity contribution < 1.29 is 4.79 Å². The van der Waals surface area contributed by atoms with Gasteiger partial charge in [-0.25, -0.2) is 4.98 Å². The lowest BCUT2D eigenvalue weighted by atomic mass is 10.1. The van der Waals surface area contributed by atoms with E-state index in [2.05, 4.69) is 40.3 Å². The average molecular weight is 424 g/mol. The van der Waals surface area contributed by atoms with Crippen molar-refractivity contribution in [2.45, 2.75) is 19.9 Å². The Morgan fingerprint density at radius 2 is 1.90 bits per heavy atom. The van der Waals surface area contributed by atoms with Gasteiger partial charge in [-0.2, -0.15) is 11.8 Å². The number of nitrogens with one attached hydrogen (secondary N) is 1. The fraction of sp³-hybridized carbons (Fsp3) is 0.304. The molecule has 3 aromatic rings. The van der Waals surface area contributed by atoms with Gasteiger partial charge in [-0.15, -0.1) is 11.3 Å². The van der Waals surface area contributed by atoms with Gasteiger partial charge in [0.05, 0.1) is 5.01 Å². The molecule has 0 aliphatic carbocycles. The summed E-state index contributed by atoms with van der Waals surface area (Å²) in [7, 11) is 0. The van der Waals surface area contributed by atoms with Crippen molar-refractivity contribution in [1.82, 2.24) is 9.88 Å². The highest BCUT2D eigenvalue weighted by atomic mass is 32.2. The number of thioether (sulfide) groups is 1. The Morgan fingerprint density at radius 3 is 2.69 bits per heavy atom. The van der Waals surface area contributed by atoms with Crippen molar-refractivity contribution in [3.8, 4) is 0 Å². The molecule has 1 aliphatic rings. The third-order valence-corrected chi connectivity index (χ3v) is 6.97. The molecule has 2 aromatic carbocycles. The number of aromatic nitrogens is 1. The summed E-state index contributed by atoms with van der Waals surface area (Å²) in [6, 6.07) is 16.4. The molecule has 1 aromatic heterocycles. The van der Waals surface area contributed by atoms with E-state index >= 15 is 0 Å². The molecule has 1 aliphatic heterocycles. The number of hydrogen-bond donors (Lipinski definition) is 1. The minimum absolute atomic E-state index is 0.143. The quantitative estimate of drug-likeness (QED) is 0.616. The highest BCUT2D eigenvalue weighted by Gasteiger charge is 2.16. The van der Waals surface area contributed by atoms with Crippen LogP contribution in [0.4, 0.5) is 5.69 Å². The number of carbonyl (C=O) groups is 1. The van der Waals surface area contributed by atoms with Gasteiger partial charge in [0.15, 0.2) is 0 Å². The zero-order chi connectivity index (χ0) is 20.1. The second-order valence-corrected chi connectivity index (χ2v) is 9.39. The summed E-state index contributed by atoms with van der Waals surface area (Å²) in [6.07, 6.45) is 0.751. The molecule has 1 amide bonds. The molecule has 4 rings (SSSR count). The van der Waals surface area contributed by atoms with Gasteiger partial charge in [0.2, 0.25) is 0 Å². The lowest BCUT2D eigenvalue weighted by Crippen LogP contribution is -2.32. The summed E-state index contributed by atoms with van der Waals surface area (Å²) in [5, 5.41) is 5.86. The summed E-state index contributed by atoms with van der Waals surface area (Å²) in [5.74, 6) is 2.25. The van der Waals surface area contributed by atoms with Crippen LogP contribution in [0.2, 0.25) is 0 Å². The van der Waals surface area contributed by atoms with Gasteiger partial charge < -0.3 is 5.32 Å². The molecule has 2 heterocycles. The van der Waals surface area contributed by atoms with E-state index in [9.17, 15) is 4.79 Å². The molecule has 0 bridgehead atoms. The summed E-state index contributed by atoms with van der Waals surface area (Å²) in [5.41, 5.74) is 4.97. The van der Waals surface area contributed by atoms with Crippen molar-refractivity contribution in [1.29, 1.82) is 0 Å². The fourth-order valence-corrected chi connectivity index (χ4v) is 5.23. The molecule has 0 atom stereocenters. The van der Waals surface area contributed by atoms with Crippen LogP contribution in [0, 0.1) is 6.92 Å². The van der Waals surface area contributed by atoms with E-state index < -0.39 is 0 Å². The molecule has 1 N–H and O–H groups in total. The molecule has 0 unspecified atom stereocenters. The molecule has 0 saturated carbocycles. The minimum Gasteiger partial charge on any atom is -0.320 e. The predicted molar refractivity (Wildman–Crippen MR) is 123 cm³/mol. The lowest BCUT2D eigenvalue weighted by molar-refractivity contribution is 0.102. The van der Waals surface area contributed by atoms with Crippen LogP contribution in [0.5, 0.6) is 0 Å². The Morgan fingerprint density at radius 1 is 1.10 bits per heavy atom. The average Bonchev–Trinajstić information content (AvgIpc) is 3.21. The van der Waals surface area contributed by atoms with E-state index in [0.29, 0.717) is 5.69 Å². The maximum absolute atomic E-state index is 12.8. The summed E-state index contributed by atoms with van der Waals surface area (Å²) >= 11 is 3.55. The standard InChI is InChI=1S/C23H25N3OS2/c1-17-19(15-26-10-12-28-13-11-26)8-5-9-20(17)25-23(27)21-16-29-22(24-21)14-18-6-3-2-4-7-18/h2-9,16H,10-15H2,1H3,(H,25,27). The van der Waals surface area contributed by atoms with Crippen LogP contribution in [-0.4, -0.2) is 40.4 Å². The fourth-order valence-electron chi connectivity index (χ4n) is 3.44. The second-order valence-electron chi connectivity index (χ2n) is 7.22. The van der Waals surface area contributed by atoms with Gasteiger partial charge in [-0.1, -0.05) is 42.5 Å². The molecule has 0 spiro atoms. The van der Waals surface area contributed by atoms with E-state index in [0.717, 1.165) is 42.3 Å². The first-order valence-electron chi connectivity index (χ1n) is 9.87. The largest absolute Gasteiger partial charge is 0.320 e. The third kappa shape index (κ3) is 5.26. The number of amides is 1. The van der Waals surface area contributed by atoms with Crippen LogP contribution in [-0.2, 0) is 13.0 Å². The number of nitrogens with zero attached hydrogens (tertiary/aromatic N) is 2. The molecule has 1 saturated heterocycles. The van der Waals surface area contributed by atoms with Crippen molar-refractivity contribution >= 4 is 34.7 Å². The molecule has 6 heteroatoms. The number of thiazole rings is 1. The second kappa shape index (κ2) is 9.57. The monoisotopic (exact) mass is 423 g/mol. The molecule has 29 heavy (non-hydrogen) atoms. The smallest absolute Gasteiger partial charge is 0.275 e. The minimum atomic E-state index is -0.143. The first-order chi connectivity index (χ1) is 14.2. The van der Waals surface area contributed by atoms with Gasteiger partial charge in [0, 0.05) is 48.6 Å². The first-order valence-corrected chi connectivity index (χ1v) is 11.9. The Balaban J connectivity index is 1.42. The van der Waals surface area contributed by atoms with Gasteiger partial charge in [0.25, 0.3) is 5.91 Å². The molecular formula is C23H25N3OS2. The Kier molecular flexibility index (Phi) is 6.64. The van der Waals surface area contributed by atoms with E-state index in [4.69, 9.17) is 0 Å². The molecule has 0 radical (unpaired) electrons. The highest BCUT2D eigenvalue weighted by molar-refractivity contribution is 7.99. The molecule has 1 fully saturated rings. The zero-order valence-corrected chi connectivity index (χ0v) is 18.2. The first kappa shape index (κ1) is 20.1. The van der Waals surface area contributed by atoms with Gasteiger partial charge in [0.1, 0.15) is 5.69 Å². The molecule has 4 nitrogen and oxygen atoms in total. The van der Waals surface area contributed by atoms with E-state index in [1.165, 1.54) is 34.0 Å². The number of rotatable bonds is 6. The normalized spacial score (nSPS) is 14.7. The molecule has 150 valence electrons. The maximum atomic E-state index is 12.8. The van der Waals surface area contributed by atoms with Crippen molar-refractivity contribution in [2.75, 3.05) is 29.9 Å². The Labute approximate surface area is 180 Å². The van der Waals surface area contributed by atoms with Crippen LogP contribution in [0.15, 0.2) is 53.9 Å². The van der Waals surface area contributed by atoms with Crippen molar-refractivity contribution in [3.05, 3.63) is 81.3 Å². The summed E-state index contributed by atoms with van der Waals surface area (Å²) in [4.78, 5) is 19.8. The topological polar surface area (TPSA) is 45.2 Å². The number of benzene rings is 2. The molecular weight excluding hydrogens is 398 g/mol. The number of hydrogen-bond acceptors (Lipinski definition) is 5. The predicted octanol–water partition coefficient (Wildman–Crippen LogP) is 4.84. The SMILES string of the molecule is Cc1c(CN2CCSCC2)cccc1NC(=O)c1csc(Cc2ccccc2)n1. The van der Waals surface area contributed by atoms with Crippen LogP contribution in [0.3, 0.4) is 0 Å². The zero-order valence-electron chi connectivity index (χ0n) is 16.6. The van der Waals surface area contributed by atoms with Crippen molar-refractivity contribution in [2.24, 2.45) is 0 Å². The van der Waals surface area contributed by atoms with Crippen LogP contribution < -0.4 is 5.32 Å². The van der Waals surface area contributed by atoms with Crippen molar-refractivity contribution in [3.63, 3.8) is 0 Å². The van der Waals surface area contributed by atoms with Crippen LogP contribution in [0.1, 0.15) is 32.2 Å². The Hall–Kier alpha value is -2.15. The summed E-state index contributed by atoms with van der Waals surface area (Å²) < 4.78 is 0. The number of anilines is 1.